The van der Waals surface area contributed by atoms with E-state index in [1.165, 1.54) is 0 Å². The molecule has 1 saturated heterocycles. The monoisotopic (exact) mass is 592 g/mol. The summed E-state index contributed by atoms with van der Waals surface area (Å²) in [5, 5.41) is 3.74. The van der Waals surface area contributed by atoms with Crippen LogP contribution in [0.3, 0.4) is 0 Å². The fourth-order valence-electron chi connectivity index (χ4n) is 4.92. The second-order valence-corrected chi connectivity index (χ2v) is 21.9. The molecular formula is C32H32O4Si4. The van der Waals surface area contributed by atoms with Crippen molar-refractivity contribution in [3.63, 3.8) is 0 Å². The van der Waals surface area contributed by atoms with Crippen LogP contribution in [0, 0.1) is 0 Å². The average Bonchev–Trinajstić information content (AvgIpc) is 3.04. The van der Waals surface area contributed by atoms with Gasteiger partial charge in [0, 0.05) is 0 Å². The van der Waals surface area contributed by atoms with Crippen LogP contribution in [-0.4, -0.2) is 34.2 Å². The zero-order chi connectivity index (χ0) is 28.1. The molecule has 1 fully saturated rings. The number of rotatable bonds is 8. The molecule has 40 heavy (non-hydrogen) atoms. The largest absolute Gasteiger partial charge is 0.403 e. The van der Waals surface area contributed by atoms with Gasteiger partial charge in [-0.1, -0.05) is 121 Å². The molecular weight excluding hydrogens is 561 g/mol. The Morgan fingerprint density at radius 3 is 0.825 bits per heavy atom. The van der Waals surface area contributed by atoms with Crippen LogP contribution >= 0.6 is 0 Å². The zero-order valence-electron chi connectivity index (χ0n) is 22.3. The third-order valence-electron chi connectivity index (χ3n) is 6.97. The first-order valence-electron chi connectivity index (χ1n) is 13.1. The van der Waals surface area contributed by atoms with Crippen molar-refractivity contribution in [1.82, 2.24) is 0 Å². The van der Waals surface area contributed by atoms with E-state index in [1.807, 2.05) is 72.8 Å². The molecule has 0 radical (unpaired) electrons. The summed E-state index contributed by atoms with van der Waals surface area (Å²) in [5.74, 6) is 0. The highest BCUT2D eigenvalue weighted by Crippen LogP contribution is 2.33. The molecule has 0 saturated carbocycles. The quantitative estimate of drug-likeness (QED) is 0.285. The van der Waals surface area contributed by atoms with E-state index in [-0.39, 0.29) is 0 Å². The number of benzene rings is 4. The van der Waals surface area contributed by atoms with Crippen LogP contribution in [0.1, 0.15) is 0 Å². The lowest BCUT2D eigenvalue weighted by Crippen LogP contribution is -2.81. The molecule has 0 bridgehead atoms. The Hall–Kier alpha value is -3.45. The highest BCUT2D eigenvalue weighted by molar-refractivity contribution is 7.11. The molecule has 1 aliphatic heterocycles. The Balaban J connectivity index is 1.93. The molecule has 0 aliphatic carbocycles. The van der Waals surface area contributed by atoms with Crippen LogP contribution in [-0.2, 0) is 16.5 Å². The molecule has 4 aromatic carbocycles. The van der Waals surface area contributed by atoms with Crippen molar-refractivity contribution in [3.8, 4) is 0 Å². The van der Waals surface area contributed by atoms with Crippen molar-refractivity contribution < 1.29 is 16.5 Å². The molecule has 0 spiro atoms. The average molecular weight is 593 g/mol. The fourth-order valence-corrected chi connectivity index (χ4v) is 24.3. The van der Waals surface area contributed by atoms with Crippen LogP contribution in [0.5, 0.6) is 0 Å². The van der Waals surface area contributed by atoms with Gasteiger partial charge in [0.15, 0.2) is 0 Å². The first kappa shape index (κ1) is 28.1. The van der Waals surface area contributed by atoms with Crippen molar-refractivity contribution >= 4 is 55.0 Å². The van der Waals surface area contributed by atoms with Crippen molar-refractivity contribution in [2.45, 2.75) is 0 Å². The molecule has 0 unspecified atom stereocenters. The highest BCUT2D eigenvalue weighted by Gasteiger charge is 2.63. The Labute approximate surface area is 241 Å². The summed E-state index contributed by atoms with van der Waals surface area (Å²) in [5.41, 5.74) is 6.98. The molecule has 4 aromatic rings. The summed E-state index contributed by atoms with van der Waals surface area (Å²) in [4.78, 5) is 0. The molecule has 1 aliphatic rings. The van der Waals surface area contributed by atoms with Crippen LogP contribution in [0.4, 0.5) is 0 Å². The van der Waals surface area contributed by atoms with E-state index in [1.54, 1.807) is 22.8 Å². The normalized spacial score (nSPS) is 18.8. The fraction of sp³-hybridized carbons (Fsp3) is 0. The minimum Gasteiger partial charge on any atom is -0.403 e. The maximum Gasteiger partial charge on any atom is 0.390 e. The third kappa shape index (κ3) is 4.96. The highest BCUT2D eigenvalue weighted by atomic mass is 28.5. The first-order valence-corrected chi connectivity index (χ1v) is 20.6. The second kappa shape index (κ2) is 11.6. The van der Waals surface area contributed by atoms with Gasteiger partial charge in [-0.25, -0.2) is 0 Å². The van der Waals surface area contributed by atoms with Gasteiger partial charge < -0.3 is 16.5 Å². The summed E-state index contributed by atoms with van der Waals surface area (Å²) in [6, 6.07) is 40.5. The van der Waals surface area contributed by atoms with Crippen molar-refractivity contribution in [3.05, 3.63) is 170 Å². The lowest BCUT2D eigenvalue weighted by Gasteiger charge is -2.50. The third-order valence-corrected chi connectivity index (χ3v) is 23.3. The predicted octanol–water partition coefficient (Wildman–Crippen LogP) is 4.36. The summed E-state index contributed by atoms with van der Waals surface area (Å²) in [7, 11) is -13.9. The van der Waals surface area contributed by atoms with Gasteiger partial charge in [0.05, 0.1) is 0 Å². The van der Waals surface area contributed by atoms with E-state index >= 15 is 0 Å². The van der Waals surface area contributed by atoms with Gasteiger partial charge in [0.2, 0.25) is 0 Å². The molecule has 8 heteroatoms. The van der Waals surface area contributed by atoms with Crippen molar-refractivity contribution in [2.75, 3.05) is 0 Å². The molecule has 5 rings (SSSR count). The summed E-state index contributed by atoms with van der Waals surface area (Å²) < 4.78 is 29.5. The van der Waals surface area contributed by atoms with Crippen molar-refractivity contribution in [1.29, 1.82) is 0 Å². The summed E-state index contributed by atoms with van der Waals surface area (Å²) >= 11 is 0. The zero-order valence-corrected chi connectivity index (χ0v) is 26.3. The van der Waals surface area contributed by atoms with E-state index in [0.717, 1.165) is 20.7 Å². The topological polar surface area (TPSA) is 36.9 Å². The van der Waals surface area contributed by atoms with Gasteiger partial charge in [-0.3, -0.25) is 0 Å². The van der Waals surface area contributed by atoms with Gasteiger partial charge in [0.25, 0.3) is 0 Å². The lowest BCUT2D eigenvalue weighted by molar-refractivity contribution is 0.265. The maximum absolute atomic E-state index is 7.76. The SMILES string of the molecule is C=C[Si]1(C=C)O[Si](C=C)(C=C)O[Si](c2ccccc2)(c2ccccc2)O[Si](c2ccccc2)(c2ccccc2)O1. The smallest absolute Gasteiger partial charge is 0.390 e. The Kier molecular flexibility index (Phi) is 8.13. The van der Waals surface area contributed by atoms with E-state index in [0.29, 0.717) is 0 Å². The maximum atomic E-state index is 7.76. The molecule has 200 valence electrons. The Bertz CT molecular complexity index is 1270. The molecule has 0 aromatic heterocycles. The first-order chi connectivity index (χ1) is 19.5. The predicted molar refractivity (Wildman–Crippen MR) is 172 cm³/mol. The van der Waals surface area contributed by atoms with Crippen LogP contribution in [0.25, 0.3) is 0 Å². The standard InChI is InChI=1S/C32H32O4Si4/c1-5-37(6-2)33-38(7-3,8-4)35-40(31-25-17-11-18-26-31,32-27-19-12-20-28-32)36-39(34-37,29-21-13-9-14-22-29)30-23-15-10-16-24-30/h5-28H,1-4H2. The second-order valence-electron chi connectivity index (χ2n) is 9.36. The van der Waals surface area contributed by atoms with Crippen LogP contribution < -0.4 is 20.7 Å². The Morgan fingerprint density at radius 1 is 0.350 bits per heavy atom. The molecule has 1 heterocycles. The van der Waals surface area contributed by atoms with E-state index < -0.39 is 34.2 Å². The van der Waals surface area contributed by atoms with Gasteiger partial charge >= 0.3 is 34.2 Å². The van der Waals surface area contributed by atoms with E-state index in [4.69, 9.17) is 16.5 Å². The minimum atomic E-state index is -3.60. The molecule has 0 amide bonds. The summed E-state index contributed by atoms with van der Waals surface area (Å²) in [6.07, 6.45) is 0. The van der Waals surface area contributed by atoms with E-state index in [2.05, 4.69) is 74.8 Å². The van der Waals surface area contributed by atoms with Gasteiger partial charge in [-0.2, -0.15) is 0 Å². The molecule has 0 atom stereocenters. The number of hydrogen-bond donors (Lipinski definition) is 0. The lowest BCUT2D eigenvalue weighted by atomic mass is 10.4. The van der Waals surface area contributed by atoms with Crippen molar-refractivity contribution in [2.24, 2.45) is 0 Å². The minimum absolute atomic E-state index is 0.934. The van der Waals surface area contributed by atoms with Crippen LogP contribution in [0.2, 0.25) is 0 Å². The molecule has 0 N–H and O–H groups in total. The number of hydrogen-bond acceptors (Lipinski definition) is 4. The Morgan fingerprint density at radius 2 is 0.600 bits per heavy atom. The van der Waals surface area contributed by atoms with Gasteiger partial charge in [-0.05, 0) is 43.5 Å². The van der Waals surface area contributed by atoms with Crippen LogP contribution in [0.15, 0.2) is 170 Å². The molecule has 4 nitrogen and oxygen atoms in total. The summed E-state index contributed by atoms with van der Waals surface area (Å²) in [6.45, 7) is 16.6. The van der Waals surface area contributed by atoms with Gasteiger partial charge in [-0.15, -0.1) is 26.3 Å². The van der Waals surface area contributed by atoms with E-state index in [9.17, 15) is 0 Å². The van der Waals surface area contributed by atoms with Gasteiger partial charge in [0.1, 0.15) is 0 Å².